The SMILES string of the molecule is O=C(O)CS(=O)(=O)NCCc1ncno1. The number of nitrogens with one attached hydrogen (secondary N) is 1. The van der Waals surface area contributed by atoms with E-state index in [1.54, 1.807) is 0 Å². The molecular formula is C6H9N3O5S. The molecule has 0 fully saturated rings. The first-order valence-electron chi connectivity index (χ1n) is 3.94. The predicted octanol–water partition coefficient (Wildman–Crippen LogP) is -1.38. The molecule has 0 radical (unpaired) electrons. The summed E-state index contributed by atoms with van der Waals surface area (Å²) in [5.74, 6) is -2.06. The lowest BCUT2D eigenvalue weighted by Gasteiger charge is -2.01. The second-order valence-electron chi connectivity index (χ2n) is 2.63. The number of aromatic nitrogens is 2. The van der Waals surface area contributed by atoms with E-state index in [2.05, 4.69) is 19.4 Å². The van der Waals surface area contributed by atoms with Crippen LogP contribution in [0, 0.1) is 0 Å². The Bertz CT molecular complexity index is 412. The van der Waals surface area contributed by atoms with Crippen LogP contribution >= 0.6 is 0 Å². The minimum absolute atomic E-state index is 0.0256. The third-order valence-corrected chi connectivity index (χ3v) is 2.65. The van der Waals surface area contributed by atoms with Crippen LogP contribution in [0.2, 0.25) is 0 Å². The van der Waals surface area contributed by atoms with Crippen LogP contribution in [-0.2, 0) is 21.2 Å². The van der Waals surface area contributed by atoms with Crippen molar-refractivity contribution in [2.75, 3.05) is 12.3 Å². The van der Waals surface area contributed by atoms with Crippen LogP contribution in [0.25, 0.3) is 0 Å². The maximum Gasteiger partial charge on any atom is 0.320 e. The molecule has 0 atom stereocenters. The molecule has 0 aliphatic carbocycles. The third-order valence-electron chi connectivity index (χ3n) is 1.38. The summed E-state index contributed by atoms with van der Waals surface area (Å²) in [6, 6.07) is 0. The molecule has 0 aliphatic rings. The quantitative estimate of drug-likeness (QED) is 0.622. The van der Waals surface area contributed by atoms with Crippen LogP contribution < -0.4 is 4.72 Å². The summed E-state index contributed by atoms with van der Waals surface area (Å²) in [5, 5.41) is 11.6. The molecule has 2 N–H and O–H groups in total. The molecule has 84 valence electrons. The van der Waals surface area contributed by atoms with Gasteiger partial charge in [-0.2, -0.15) is 4.98 Å². The molecule has 1 aromatic heterocycles. The molecule has 8 nitrogen and oxygen atoms in total. The van der Waals surface area contributed by atoms with Gasteiger partial charge in [-0.3, -0.25) is 4.79 Å². The van der Waals surface area contributed by atoms with E-state index in [1.807, 2.05) is 0 Å². The van der Waals surface area contributed by atoms with E-state index < -0.39 is 21.7 Å². The van der Waals surface area contributed by atoms with Gasteiger partial charge < -0.3 is 9.63 Å². The number of hydrogen-bond donors (Lipinski definition) is 2. The standard InChI is InChI=1S/C6H9N3O5S/c10-6(11)3-15(12,13)9-2-1-5-7-4-8-14-5/h4,9H,1-3H2,(H,10,11). The molecule has 0 saturated carbocycles. The van der Waals surface area contributed by atoms with E-state index in [1.165, 1.54) is 6.33 Å². The number of carboxylic acid groups (broad SMARTS) is 1. The van der Waals surface area contributed by atoms with Gasteiger partial charge in [-0.1, -0.05) is 5.16 Å². The Kier molecular flexibility index (Phi) is 3.74. The molecule has 0 bridgehead atoms. The summed E-state index contributed by atoms with van der Waals surface area (Å²) in [6.07, 6.45) is 1.42. The number of carbonyl (C=O) groups is 1. The summed E-state index contributed by atoms with van der Waals surface area (Å²) in [7, 11) is -3.77. The highest BCUT2D eigenvalue weighted by atomic mass is 32.2. The topological polar surface area (TPSA) is 122 Å². The van der Waals surface area contributed by atoms with Crippen molar-refractivity contribution in [2.45, 2.75) is 6.42 Å². The van der Waals surface area contributed by atoms with Gasteiger partial charge in [-0.25, -0.2) is 13.1 Å². The Balaban J connectivity index is 2.34. The van der Waals surface area contributed by atoms with Crippen LogP contribution in [0.1, 0.15) is 5.89 Å². The van der Waals surface area contributed by atoms with Crippen LogP contribution in [0.3, 0.4) is 0 Å². The Morgan fingerprint density at radius 3 is 2.87 bits per heavy atom. The Morgan fingerprint density at radius 1 is 1.60 bits per heavy atom. The van der Waals surface area contributed by atoms with Crippen molar-refractivity contribution in [3.63, 3.8) is 0 Å². The van der Waals surface area contributed by atoms with Gasteiger partial charge in [0.05, 0.1) is 0 Å². The molecule has 1 rings (SSSR count). The van der Waals surface area contributed by atoms with Crippen LogP contribution in [0.15, 0.2) is 10.9 Å². The minimum atomic E-state index is -3.77. The number of hydrogen-bond acceptors (Lipinski definition) is 6. The first-order chi connectivity index (χ1) is 6.99. The second-order valence-corrected chi connectivity index (χ2v) is 4.44. The van der Waals surface area contributed by atoms with Crippen molar-refractivity contribution in [2.24, 2.45) is 0 Å². The Hall–Kier alpha value is -1.48. The van der Waals surface area contributed by atoms with Gasteiger partial charge >= 0.3 is 5.97 Å². The van der Waals surface area contributed by atoms with Gasteiger partial charge in [-0.05, 0) is 0 Å². The summed E-state index contributed by atoms with van der Waals surface area (Å²) in [5.41, 5.74) is 0. The molecule has 1 aromatic rings. The highest BCUT2D eigenvalue weighted by Gasteiger charge is 2.14. The molecular weight excluding hydrogens is 226 g/mol. The number of carboxylic acids is 1. The summed E-state index contributed by atoms with van der Waals surface area (Å²) in [4.78, 5) is 13.8. The fourth-order valence-corrected chi connectivity index (χ4v) is 1.67. The van der Waals surface area contributed by atoms with Crippen molar-refractivity contribution >= 4 is 16.0 Å². The molecule has 0 spiro atoms. The van der Waals surface area contributed by atoms with Gasteiger partial charge in [0.25, 0.3) is 0 Å². The van der Waals surface area contributed by atoms with Gasteiger partial charge in [0.2, 0.25) is 15.9 Å². The van der Waals surface area contributed by atoms with Crippen LogP contribution in [-0.4, -0.2) is 41.9 Å². The Morgan fingerprint density at radius 2 is 2.33 bits per heavy atom. The van der Waals surface area contributed by atoms with Crippen molar-refractivity contribution in [1.82, 2.24) is 14.9 Å². The van der Waals surface area contributed by atoms with Crippen LogP contribution in [0.5, 0.6) is 0 Å². The summed E-state index contributed by atoms with van der Waals surface area (Å²) >= 11 is 0. The van der Waals surface area contributed by atoms with Gasteiger partial charge in [-0.15, -0.1) is 0 Å². The lowest BCUT2D eigenvalue weighted by atomic mass is 10.4. The monoisotopic (exact) mass is 235 g/mol. The normalized spacial score (nSPS) is 11.5. The van der Waals surface area contributed by atoms with Gasteiger partial charge in [0.1, 0.15) is 0 Å². The molecule has 0 aromatic carbocycles. The fraction of sp³-hybridized carbons (Fsp3) is 0.500. The average molecular weight is 235 g/mol. The molecule has 9 heteroatoms. The third kappa shape index (κ3) is 4.51. The highest BCUT2D eigenvalue weighted by molar-refractivity contribution is 7.90. The maximum absolute atomic E-state index is 11.0. The second kappa shape index (κ2) is 4.84. The van der Waals surface area contributed by atoms with Gasteiger partial charge in [0, 0.05) is 13.0 Å². The highest BCUT2D eigenvalue weighted by Crippen LogP contribution is 1.92. The number of rotatable bonds is 6. The average Bonchev–Trinajstić information content (AvgIpc) is 2.53. The largest absolute Gasteiger partial charge is 0.480 e. The van der Waals surface area contributed by atoms with Crippen molar-refractivity contribution in [3.05, 3.63) is 12.2 Å². The predicted molar refractivity (Wildman–Crippen MR) is 47.4 cm³/mol. The minimum Gasteiger partial charge on any atom is -0.480 e. The van der Waals surface area contributed by atoms with Gasteiger partial charge in [0.15, 0.2) is 12.1 Å². The lowest BCUT2D eigenvalue weighted by Crippen LogP contribution is -2.31. The fourth-order valence-electron chi connectivity index (χ4n) is 0.833. The van der Waals surface area contributed by atoms with E-state index in [0.717, 1.165) is 0 Å². The first kappa shape index (κ1) is 11.6. The molecule has 0 aliphatic heterocycles. The molecule has 0 unspecified atom stereocenters. The lowest BCUT2D eigenvalue weighted by molar-refractivity contribution is -0.134. The van der Waals surface area contributed by atoms with E-state index in [4.69, 9.17) is 5.11 Å². The van der Waals surface area contributed by atoms with Crippen molar-refractivity contribution in [3.8, 4) is 0 Å². The molecule has 15 heavy (non-hydrogen) atoms. The smallest absolute Gasteiger partial charge is 0.320 e. The van der Waals surface area contributed by atoms with Crippen molar-refractivity contribution < 1.29 is 22.8 Å². The number of aliphatic carboxylic acids is 1. The van der Waals surface area contributed by atoms with E-state index >= 15 is 0 Å². The first-order valence-corrected chi connectivity index (χ1v) is 5.59. The van der Waals surface area contributed by atoms with Crippen LogP contribution in [0.4, 0.5) is 0 Å². The summed E-state index contributed by atoms with van der Waals surface area (Å²) in [6.45, 7) is 0.0256. The number of sulfonamides is 1. The van der Waals surface area contributed by atoms with Crippen molar-refractivity contribution in [1.29, 1.82) is 0 Å². The molecule has 0 saturated heterocycles. The van der Waals surface area contributed by atoms with E-state index in [9.17, 15) is 13.2 Å². The zero-order valence-electron chi connectivity index (χ0n) is 7.58. The van der Waals surface area contributed by atoms with E-state index in [-0.39, 0.29) is 18.9 Å². The molecule has 1 heterocycles. The number of nitrogens with zero attached hydrogens (tertiary/aromatic N) is 2. The summed E-state index contributed by atoms with van der Waals surface area (Å²) < 4.78 is 28.7. The molecule has 0 amide bonds. The Labute approximate surface area is 85.3 Å². The van der Waals surface area contributed by atoms with E-state index in [0.29, 0.717) is 0 Å². The maximum atomic E-state index is 11.0. The zero-order valence-corrected chi connectivity index (χ0v) is 8.40. The zero-order chi connectivity index (χ0) is 11.3.